The van der Waals surface area contributed by atoms with Gasteiger partial charge in [0.1, 0.15) is 5.69 Å². The van der Waals surface area contributed by atoms with Crippen LogP contribution in [0.4, 0.5) is 22.0 Å². The van der Waals surface area contributed by atoms with Crippen molar-refractivity contribution < 1.29 is 31.8 Å². The van der Waals surface area contributed by atoms with Gasteiger partial charge in [0, 0.05) is 10.9 Å². The summed E-state index contributed by atoms with van der Waals surface area (Å²) in [4.78, 5) is 3.06. The maximum Gasteiger partial charge on any atom is 0.574 e. The minimum atomic E-state index is -5.07. The topological polar surface area (TPSA) is 42.4 Å². The van der Waals surface area contributed by atoms with Gasteiger partial charge in [0.05, 0.1) is 6.61 Å². The van der Waals surface area contributed by atoms with E-state index in [1.54, 1.807) is 0 Å². The van der Waals surface area contributed by atoms with Gasteiger partial charge in [0.2, 0.25) is 5.88 Å². The third-order valence-corrected chi connectivity index (χ3v) is 2.54. The Balaban J connectivity index is 3.31. The summed E-state index contributed by atoms with van der Waals surface area (Å²) < 4.78 is 64.7. The summed E-state index contributed by atoms with van der Waals surface area (Å²) in [6.07, 6.45) is -8.10. The highest BCUT2D eigenvalue weighted by atomic mass is 79.9. The molecule has 0 fully saturated rings. The average Bonchev–Trinajstić information content (AvgIpc) is 2.25. The third-order valence-electron chi connectivity index (χ3n) is 1.94. The molecular weight excluding hydrogens is 329 g/mol. The van der Waals surface area contributed by atoms with E-state index >= 15 is 0 Å². The zero-order valence-corrected chi connectivity index (χ0v) is 10.2. The highest BCUT2D eigenvalue weighted by Gasteiger charge is 2.34. The molecule has 3 nitrogen and oxygen atoms in total. The van der Waals surface area contributed by atoms with Gasteiger partial charge in [-0.1, -0.05) is 15.9 Å². The number of aromatic nitrogens is 1. The van der Waals surface area contributed by atoms with Crippen LogP contribution in [0.25, 0.3) is 0 Å². The number of aliphatic hydroxyl groups is 1. The molecule has 9 heteroatoms. The molecule has 0 saturated carbocycles. The number of halogens is 6. The molecular formula is C9H7BrF5NO2. The molecule has 0 spiro atoms. The second-order valence-corrected chi connectivity index (χ2v) is 3.69. The van der Waals surface area contributed by atoms with Gasteiger partial charge in [0.15, 0.2) is 0 Å². The quantitative estimate of drug-likeness (QED) is 0.678. The van der Waals surface area contributed by atoms with E-state index in [9.17, 15) is 22.0 Å². The van der Waals surface area contributed by atoms with Crippen molar-refractivity contribution in [3.8, 4) is 5.88 Å². The second-order valence-electron chi connectivity index (χ2n) is 3.13. The van der Waals surface area contributed by atoms with Crippen LogP contribution in [0.3, 0.4) is 0 Å². The van der Waals surface area contributed by atoms with Crippen LogP contribution in [0.1, 0.15) is 23.2 Å². The van der Waals surface area contributed by atoms with Crippen molar-refractivity contribution in [3.63, 3.8) is 0 Å². The zero-order chi connectivity index (χ0) is 13.9. The summed E-state index contributed by atoms with van der Waals surface area (Å²) >= 11 is 2.93. The molecule has 1 rings (SSSR count). The molecule has 18 heavy (non-hydrogen) atoms. The van der Waals surface area contributed by atoms with Crippen molar-refractivity contribution in [2.75, 3.05) is 0 Å². The Morgan fingerprint density at radius 3 is 2.39 bits per heavy atom. The van der Waals surface area contributed by atoms with Gasteiger partial charge in [-0.2, -0.15) is 0 Å². The van der Waals surface area contributed by atoms with E-state index in [2.05, 4.69) is 25.7 Å². The number of alkyl halides is 6. The number of rotatable bonds is 4. The minimum absolute atomic E-state index is 0.0145. The second kappa shape index (κ2) is 5.79. The van der Waals surface area contributed by atoms with Gasteiger partial charge >= 0.3 is 6.36 Å². The van der Waals surface area contributed by atoms with E-state index in [0.29, 0.717) is 0 Å². The van der Waals surface area contributed by atoms with Gasteiger partial charge in [-0.05, 0) is 11.6 Å². The molecule has 0 radical (unpaired) electrons. The Kier molecular flexibility index (Phi) is 4.85. The van der Waals surface area contributed by atoms with Crippen LogP contribution in [-0.4, -0.2) is 16.5 Å². The van der Waals surface area contributed by atoms with Gasteiger partial charge in [-0.25, -0.2) is 13.8 Å². The SMILES string of the molecule is OCc1c(CBr)cc(C(F)F)nc1OC(F)(F)F. The molecule has 1 heterocycles. The maximum absolute atomic E-state index is 12.5. The van der Waals surface area contributed by atoms with Crippen molar-refractivity contribution in [1.29, 1.82) is 0 Å². The standard InChI is InChI=1S/C9H7BrF5NO2/c10-2-4-1-6(7(11)12)16-8(5(4)3-17)18-9(13,14)15/h1,7,17H,2-3H2. The fourth-order valence-corrected chi connectivity index (χ4v) is 1.71. The van der Waals surface area contributed by atoms with Crippen LogP contribution >= 0.6 is 15.9 Å². The number of nitrogens with zero attached hydrogens (tertiary/aromatic N) is 1. The van der Waals surface area contributed by atoms with Crippen LogP contribution in [0, 0.1) is 0 Å². The first kappa shape index (κ1) is 15.1. The van der Waals surface area contributed by atoms with E-state index in [0.717, 1.165) is 6.07 Å². The molecule has 1 aromatic heterocycles. The van der Waals surface area contributed by atoms with Crippen LogP contribution in [0.15, 0.2) is 6.07 Å². The van der Waals surface area contributed by atoms with Crippen LogP contribution in [0.2, 0.25) is 0 Å². The normalized spacial score (nSPS) is 12.0. The predicted molar refractivity (Wildman–Crippen MR) is 54.4 cm³/mol. The summed E-state index contributed by atoms with van der Waals surface area (Å²) in [6, 6.07) is 0.911. The summed E-state index contributed by atoms with van der Waals surface area (Å²) in [5.74, 6) is -1.06. The molecule has 0 aliphatic rings. The number of aliphatic hydroxyl groups excluding tert-OH is 1. The lowest BCUT2D eigenvalue weighted by Crippen LogP contribution is -2.20. The van der Waals surface area contributed by atoms with Gasteiger partial charge in [-0.3, -0.25) is 0 Å². The predicted octanol–water partition coefficient (Wildman–Crippen LogP) is 3.31. The highest BCUT2D eigenvalue weighted by Crippen LogP contribution is 2.31. The molecule has 0 aliphatic carbocycles. The van der Waals surface area contributed by atoms with Crippen molar-refractivity contribution in [1.82, 2.24) is 4.98 Å². The first-order valence-corrected chi connectivity index (χ1v) is 5.64. The van der Waals surface area contributed by atoms with Crippen molar-refractivity contribution in [2.45, 2.75) is 24.7 Å². The largest absolute Gasteiger partial charge is 0.574 e. The van der Waals surface area contributed by atoms with Crippen molar-refractivity contribution in [3.05, 3.63) is 22.9 Å². The monoisotopic (exact) mass is 335 g/mol. The smallest absolute Gasteiger partial charge is 0.391 e. The number of hydrogen-bond donors (Lipinski definition) is 1. The summed E-state index contributed by atoms with van der Waals surface area (Å²) in [7, 11) is 0. The lowest BCUT2D eigenvalue weighted by Gasteiger charge is -2.15. The third kappa shape index (κ3) is 3.77. The van der Waals surface area contributed by atoms with Crippen LogP contribution in [0.5, 0.6) is 5.88 Å². The minimum Gasteiger partial charge on any atom is -0.391 e. The van der Waals surface area contributed by atoms with Crippen molar-refractivity contribution >= 4 is 15.9 Å². The van der Waals surface area contributed by atoms with Crippen LogP contribution < -0.4 is 4.74 Å². The zero-order valence-electron chi connectivity index (χ0n) is 8.64. The first-order chi connectivity index (χ1) is 8.28. The van der Waals surface area contributed by atoms with Gasteiger partial charge in [0.25, 0.3) is 6.43 Å². The van der Waals surface area contributed by atoms with E-state index in [-0.39, 0.29) is 16.5 Å². The van der Waals surface area contributed by atoms with E-state index in [1.807, 2.05) is 0 Å². The maximum atomic E-state index is 12.5. The van der Waals surface area contributed by atoms with Gasteiger partial charge in [-0.15, -0.1) is 13.2 Å². The van der Waals surface area contributed by atoms with Gasteiger partial charge < -0.3 is 9.84 Å². The molecule has 1 N–H and O–H groups in total. The Morgan fingerprint density at radius 2 is 2.00 bits per heavy atom. The highest BCUT2D eigenvalue weighted by molar-refractivity contribution is 9.08. The van der Waals surface area contributed by atoms with E-state index in [1.165, 1.54) is 0 Å². The fraction of sp³-hybridized carbons (Fsp3) is 0.444. The Bertz CT molecular complexity index is 424. The number of hydrogen-bond acceptors (Lipinski definition) is 3. The average molecular weight is 336 g/mol. The lowest BCUT2D eigenvalue weighted by atomic mass is 10.1. The number of pyridine rings is 1. The molecule has 0 bridgehead atoms. The van der Waals surface area contributed by atoms with Crippen LogP contribution in [-0.2, 0) is 11.9 Å². The van der Waals surface area contributed by atoms with E-state index < -0.39 is 31.0 Å². The lowest BCUT2D eigenvalue weighted by molar-refractivity contribution is -0.276. The molecule has 0 amide bonds. The number of ether oxygens (including phenoxy) is 1. The molecule has 0 saturated heterocycles. The van der Waals surface area contributed by atoms with Crippen molar-refractivity contribution in [2.24, 2.45) is 0 Å². The molecule has 0 atom stereocenters. The Morgan fingerprint density at radius 1 is 1.39 bits per heavy atom. The summed E-state index contributed by atoms with van der Waals surface area (Å²) in [5, 5.41) is 8.95. The molecule has 102 valence electrons. The Labute approximate surface area is 107 Å². The summed E-state index contributed by atoms with van der Waals surface area (Å²) in [5.41, 5.74) is -1.07. The Hall–Kier alpha value is -0.960. The molecule has 0 unspecified atom stereocenters. The summed E-state index contributed by atoms with van der Waals surface area (Å²) in [6.45, 7) is -0.803. The fourth-order valence-electron chi connectivity index (χ4n) is 1.21. The molecule has 0 aliphatic heterocycles. The molecule has 1 aromatic rings. The van der Waals surface area contributed by atoms with E-state index in [4.69, 9.17) is 5.11 Å². The first-order valence-electron chi connectivity index (χ1n) is 4.52. The molecule has 0 aromatic carbocycles.